The average Bonchev–Trinajstić information content (AvgIpc) is 2.97. The molecule has 0 bridgehead atoms. The first-order valence-electron chi connectivity index (χ1n) is 4.73. The van der Waals surface area contributed by atoms with Crippen LogP contribution in [0.3, 0.4) is 0 Å². The second-order valence-electron chi connectivity index (χ2n) is 3.64. The molecule has 1 saturated carbocycles. The smallest absolute Gasteiger partial charge is 0.151 e. The van der Waals surface area contributed by atoms with Crippen LogP contribution in [0.15, 0.2) is 18.2 Å². The van der Waals surface area contributed by atoms with Gasteiger partial charge in [-0.2, -0.15) is 0 Å². The van der Waals surface area contributed by atoms with E-state index in [4.69, 9.17) is 0 Å². The predicted molar refractivity (Wildman–Crippen MR) is 57.0 cm³/mol. The molecular formula is C11H9NOS. The number of aromatic nitrogens is 1. The topological polar surface area (TPSA) is 30.0 Å². The lowest BCUT2D eigenvalue weighted by molar-refractivity contribution is 0.112. The maximum atomic E-state index is 10.8. The number of hydrogen-bond donors (Lipinski definition) is 0. The van der Waals surface area contributed by atoms with E-state index in [1.54, 1.807) is 11.3 Å². The highest BCUT2D eigenvalue weighted by Gasteiger charge is 2.27. The summed E-state index contributed by atoms with van der Waals surface area (Å²) in [6.45, 7) is 0. The van der Waals surface area contributed by atoms with Crippen molar-refractivity contribution in [1.82, 2.24) is 4.98 Å². The number of rotatable bonds is 2. The molecule has 0 aliphatic heterocycles. The van der Waals surface area contributed by atoms with Crippen LogP contribution in [0.4, 0.5) is 0 Å². The van der Waals surface area contributed by atoms with Crippen molar-refractivity contribution >= 4 is 27.8 Å². The Morgan fingerprint density at radius 3 is 3.00 bits per heavy atom. The van der Waals surface area contributed by atoms with Crippen LogP contribution >= 0.6 is 11.3 Å². The van der Waals surface area contributed by atoms with Gasteiger partial charge in [-0.25, -0.2) is 4.98 Å². The van der Waals surface area contributed by atoms with Crippen LogP contribution in [0.1, 0.15) is 34.1 Å². The van der Waals surface area contributed by atoms with Gasteiger partial charge in [-0.1, -0.05) is 12.1 Å². The lowest BCUT2D eigenvalue weighted by atomic mass is 10.2. The highest BCUT2D eigenvalue weighted by atomic mass is 32.1. The van der Waals surface area contributed by atoms with Crippen LogP contribution in [0, 0.1) is 0 Å². The Kier molecular flexibility index (Phi) is 1.67. The molecule has 3 heteroatoms. The Morgan fingerprint density at radius 1 is 1.43 bits per heavy atom. The van der Waals surface area contributed by atoms with Gasteiger partial charge < -0.3 is 0 Å². The number of carbonyl (C=O) groups is 1. The standard InChI is InChI=1S/C11H9NOS/c13-6-8-2-1-3-9-10(8)14-11(12-9)7-4-5-7/h1-3,6-7H,4-5H2. The number of fused-ring (bicyclic) bond motifs is 1. The lowest BCUT2D eigenvalue weighted by Crippen LogP contribution is -1.78. The van der Waals surface area contributed by atoms with Crippen molar-refractivity contribution in [2.24, 2.45) is 0 Å². The second-order valence-corrected chi connectivity index (χ2v) is 4.67. The van der Waals surface area contributed by atoms with Gasteiger partial charge in [0.2, 0.25) is 0 Å². The second kappa shape index (κ2) is 2.89. The minimum absolute atomic E-state index is 0.673. The first kappa shape index (κ1) is 8.12. The van der Waals surface area contributed by atoms with Gasteiger partial charge in [0.1, 0.15) is 0 Å². The molecule has 14 heavy (non-hydrogen) atoms. The molecular weight excluding hydrogens is 194 g/mol. The zero-order valence-corrected chi connectivity index (χ0v) is 8.38. The van der Waals surface area contributed by atoms with Crippen molar-refractivity contribution < 1.29 is 4.79 Å². The van der Waals surface area contributed by atoms with Crippen LogP contribution < -0.4 is 0 Å². The highest BCUT2D eigenvalue weighted by Crippen LogP contribution is 2.43. The average molecular weight is 203 g/mol. The maximum absolute atomic E-state index is 10.8. The zero-order chi connectivity index (χ0) is 9.54. The molecule has 2 nitrogen and oxygen atoms in total. The summed E-state index contributed by atoms with van der Waals surface area (Å²) in [5, 5.41) is 1.20. The number of hydrogen-bond acceptors (Lipinski definition) is 3. The van der Waals surface area contributed by atoms with E-state index < -0.39 is 0 Å². The van der Waals surface area contributed by atoms with Gasteiger partial charge in [-0.15, -0.1) is 11.3 Å². The fourth-order valence-electron chi connectivity index (χ4n) is 1.59. The number of aldehydes is 1. The molecule has 1 fully saturated rings. The number of benzene rings is 1. The van der Waals surface area contributed by atoms with Crippen LogP contribution in [-0.2, 0) is 0 Å². The van der Waals surface area contributed by atoms with Crippen molar-refractivity contribution in [2.45, 2.75) is 18.8 Å². The van der Waals surface area contributed by atoms with Crippen LogP contribution in [0.2, 0.25) is 0 Å². The molecule has 1 aromatic heterocycles. The lowest BCUT2D eigenvalue weighted by Gasteiger charge is -1.89. The van der Waals surface area contributed by atoms with Crippen molar-refractivity contribution in [3.63, 3.8) is 0 Å². The van der Waals surface area contributed by atoms with Gasteiger partial charge in [-0.05, 0) is 18.9 Å². The summed E-state index contributed by atoms with van der Waals surface area (Å²) in [4.78, 5) is 15.3. The molecule has 0 radical (unpaired) electrons. The van der Waals surface area contributed by atoms with Crippen molar-refractivity contribution in [3.05, 3.63) is 28.8 Å². The summed E-state index contributed by atoms with van der Waals surface area (Å²) >= 11 is 1.68. The molecule has 0 unspecified atom stereocenters. The Labute approximate surface area is 85.6 Å². The fourth-order valence-corrected chi connectivity index (χ4v) is 2.79. The molecule has 70 valence electrons. The molecule has 0 amide bonds. The number of carbonyl (C=O) groups excluding carboxylic acids is 1. The van der Waals surface area contributed by atoms with Crippen LogP contribution in [0.25, 0.3) is 10.2 Å². The minimum atomic E-state index is 0.673. The Bertz CT molecular complexity index is 499. The molecule has 2 aromatic rings. The molecule has 1 aromatic carbocycles. The van der Waals surface area contributed by atoms with Gasteiger partial charge in [0, 0.05) is 11.5 Å². The normalized spacial score (nSPS) is 16.0. The first-order chi connectivity index (χ1) is 6.88. The van der Waals surface area contributed by atoms with E-state index in [9.17, 15) is 4.79 Å². The largest absolute Gasteiger partial charge is 0.298 e. The number of nitrogens with zero attached hydrogens (tertiary/aromatic N) is 1. The van der Waals surface area contributed by atoms with Crippen LogP contribution in [0.5, 0.6) is 0 Å². The molecule has 1 aliphatic carbocycles. The van der Waals surface area contributed by atoms with Crippen molar-refractivity contribution in [3.8, 4) is 0 Å². The summed E-state index contributed by atoms with van der Waals surface area (Å²) in [5.41, 5.74) is 1.74. The van der Waals surface area contributed by atoms with E-state index in [-0.39, 0.29) is 0 Å². The number of thiazole rings is 1. The molecule has 0 N–H and O–H groups in total. The third-order valence-corrected chi connectivity index (χ3v) is 3.80. The van der Waals surface area contributed by atoms with Crippen molar-refractivity contribution in [1.29, 1.82) is 0 Å². The van der Waals surface area contributed by atoms with Gasteiger partial charge in [0.15, 0.2) is 6.29 Å². The zero-order valence-electron chi connectivity index (χ0n) is 7.56. The Balaban J connectivity index is 2.25. The Hall–Kier alpha value is -1.22. The SMILES string of the molecule is O=Cc1cccc2nc(C3CC3)sc12. The van der Waals surface area contributed by atoms with Crippen LogP contribution in [-0.4, -0.2) is 11.3 Å². The first-order valence-corrected chi connectivity index (χ1v) is 5.55. The third kappa shape index (κ3) is 1.16. The molecule has 1 aliphatic rings. The predicted octanol–water partition coefficient (Wildman–Crippen LogP) is 2.99. The van der Waals surface area contributed by atoms with E-state index in [1.807, 2.05) is 18.2 Å². The van der Waals surface area contributed by atoms with E-state index in [0.29, 0.717) is 5.92 Å². The highest BCUT2D eigenvalue weighted by molar-refractivity contribution is 7.19. The maximum Gasteiger partial charge on any atom is 0.151 e. The molecule has 3 rings (SSSR count). The van der Waals surface area contributed by atoms with E-state index in [1.165, 1.54) is 17.8 Å². The fraction of sp³-hybridized carbons (Fsp3) is 0.273. The summed E-state index contributed by atoms with van der Waals surface area (Å²) in [5.74, 6) is 0.673. The van der Waals surface area contributed by atoms with Gasteiger partial charge >= 0.3 is 0 Å². The quantitative estimate of drug-likeness (QED) is 0.702. The molecule has 0 atom stereocenters. The van der Waals surface area contributed by atoms with E-state index in [2.05, 4.69) is 4.98 Å². The van der Waals surface area contributed by atoms with E-state index in [0.717, 1.165) is 22.1 Å². The van der Waals surface area contributed by atoms with Crippen molar-refractivity contribution in [2.75, 3.05) is 0 Å². The minimum Gasteiger partial charge on any atom is -0.298 e. The van der Waals surface area contributed by atoms with Gasteiger partial charge in [0.25, 0.3) is 0 Å². The molecule has 0 spiro atoms. The summed E-state index contributed by atoms with van der Waals surface area (Å²) < 4.78 is 1.05. The third-order valence-electron chi connectivity index (χ3n) is 2.52. The monoisotopic (exact) mass is 203 g/mol. The summed E-state index contributed by atoms with van der Waals surface area (Å²) in [7, 11) is 0. The Morgan fingerprint density at radius 2 is 2.29 bits per heavy atom. The van der Waals surface area contributed by atoms with Gasteiger partial charge in [0.05, 0.1) is 15.2 Å². The molecule has 1 heterocycles. The molecule has 0 saturated heterocycles. The van der Waals surface area contributed by atoms with E-state index >= 15 is 0 Å². The van der Waals surface area contributed by atoms with Gasteiger partial charge in [-0.3, -0.25) is 4.79 Å². The summed E-state index contributed by atoms with van der Waals surface area (Å²) in [6, 6.07) is 5.72. The summed E-state index contributed by atoms with van der Waals surface area (Å²) in [6.07, 6.45) is 3.43.